The van der Waals surface area contributed by atoms with E-state index in [4.69, 9.17) is 9.47 Å². The van der Waals surface area contributed by atoms with E-state index in [1.54, 1.807) is 44.7 Å². The molecule has 1 heterocycles. The topological polar surface area (TPSA) is 60.5 Å². The molecule has 2 aromatic carbocycles. The van der Waals surface area contributed by atoms with Gasteiger partial charge < -0.3 is 14.8 Å². The van der Waals surface area contributed by atoms with Gasteiger partial charge in [-0.3, -0.25) is 4.79 Å². The lowest BCUT2D eigenvalue weighted by molar-refractivity contribution is 0.0946. The van der Waals surface area contributed by atoms with Crippen LogP contribution < -0.4 is 14.8 Å². The summed E-state index contributed by atoms with van der Waals surface area (Å²) in [5.74, 6) is 0.629. The van der Waals surface area contributed by atoms with Crippen molar-refractivity contribution in [3.63, 3.8) is 0 Å². The third-order valence-corrected chi connectivity index (χ3v) is 4.95. The number of rotatable bonds is 6. The van der Waals surface area contributed by atoms with E-state index in [9.17, 15) is 9.18 Å². The van der Waals surface area contributed by atoms with Gasteiger partial charge in [0, 0.05) is 17.5 Å². The van der Waals surface area contributed by atoms with Crippen LogP contribution in [0.15, 0.2) is 41.8 Å². The summed E-state index contributed by atoms with van der Waals surface area (Å²) in [6.45, 7) is 1.93. The van der Waals surface area contributed by atoms with Crippen LogP contribution >= 0.6 is 11.3 Å². The molecule has 1 N–H and O–H groups in total. The molecule has 3 aromatic rings. The number of nitrogens with zero attached hydrogens (tertiary/aromatic N) is 1. The van der Waals surface area contributed by atoms with E-state index in [2.05, 4.69) is 10.3 Å². The standard InChI is InChI=1S/C20H19FN2O3S/c1-12-4-5-13(8-15(12)21)10-22-19(24)16-11-27-20(23-16)14-6-7-17(25-2)18(9-14)26-3/h4-9,11H,10H2,1-3H3,(H,22,24). The Kier molecular flexibility index (Phi) is 5.71. The van der Waals surface area contributed by atoms with Crippen molar-refractivity contribution >= 4 is 17.2 Å². The van der Waals surface area contributed by atoms with Gasteiger partial charge in [-0.05, 0) is 42.3 Å². The Balaban J connectivity index is 1.71. The lowest BCUT2D eigenvalue weighted by atomic mass is 10.1. The zero-order valence-corrected chi connectivity index (χ0v) is 16.0. The Labute approximate surface area is 160 Å². The van der Waals surface area contributed by atoms with Crippen molar-refractivity contribution in [2.45, 2.75) is 13.5 Å². The van der Waals surface area contributed by atoms with E-state index in [1.807, 2.05) is 12.1 Å². The molecule has 0 unspecified atom stereocenters. The number of carbonyl (C=O) groups excluding carboxylic acids is 1. The number of ether oxygens (including phenoxy) is 2. The van der Waals surface area contributed by atoms with E-state index in [0.29, 0.717) is 33.3 Å². The Morgan fingerprint density at radius 3 is 2.63 bits per heavy atom. The SMILES string of the molecule is COc1ccc(-c2nc(C(=O)NCc3ccc(C)c(F)c3)cs2)cc1OC. The summed E-state index contributed by atoms with van der Waals surface area (Å²) in [6, 6.07) is 10.4. The maximum absolute atomic E-state index is 13.6. The monoisotopic (exact) mass is 386 g/mol. The molecule has 0 saturated heterocycles. The van der Waals surface area contributed by atoms with Crippen LogP contribution in [0.3, 0.4) is 0 Å². The van der Waals surface area contributed by atoms with Crippen molar-refractivity contribution in [3.8, 4) is 22.1 Å². The van der Waals surface area contributed by atoms with Gasteiger partial charge in [-0.25, -0.2) is 9.37 Å². The van der Waals surface area contributed by atoms with Gasteiger partial charge in [-0.2, -0.15) is 0 Å². The number of hydrogen-bond donors (Lipinski definition) is 1. The lowest BCUT2D eigenvalue weighted by Gasteiger charge is -2.08. The third-order valence-electron chi connectivity index (χ3n) is 4.06. The first-order valence-electron chi connectivity index (χ1n) is 8.23. The van der Waals surface area contributed by atoms with E-state index in [0.717, 1.165) is 5.56 Å². The fourth-order valence-electron chi connectivity index (χ4n) is 2.50. The summed E-state index contributed by atoms with van der Waals surface area (Å²) in [6.07, 6.45) is 0. The molecule has 1 aromatic heterocycles. The molecular weight excluding hydrogens is 367 g/mol. The van der Waals surface area contributed by atoms with Crippen molar-refractivity contribution in [1.82, 2.24) is 10.3 Å². The number of aryl methyl sites for hydroxylation is 1. The van der Waals surface area contributed by atoms with Gasteiger partial charge >= 0.3 is 0 Å². The minimum atomic E-state index is -0.307. The van der Waals surface area contributed by atoms with Crippen molar-refractivity contribution in [2.24, 2.45) is 0 Å². The third kappa shape index (κ3) is 4.25. The molecule has 0 aliphatic carbocycles. The van der Waals surface area contributed by atoms with E-state index >= 15 is 0 Å². The Morgan fingerprint density at radius 1 is 1.15 bits per heavy atom. The lowest BCUT2D eigenvalue weighted by Crippen LogP contribution is -2.23. The van der Waals surface area contributed by atoms with E-state index < -0.39 is 0 Å². The van der Waals surface area contributed by atoms with Gasteiger partial charge in [0.2, 0.25) is 0 Å². The molecule has 0 spiro atoms. The molecule has 5 nitrogen and oxygen atoms in total. The fourth-order valence-corrected chi connectivity index (χ4v) is 3.30. The maximum Gasteiger partial charge on any atom is 0.271 e. The highest BCUT2D eigenvalue weighted by Gasteiger charge is 2.14. The predicted molar refractivity (Wildman–Crippen MR) is 103 cm³/mol. The van der Waals surface area contributed by atoms with Crippen LogP contribution in [0.2, 0.25) is 0 Å². The van der Waals surface area contributed by atoms with Crippen LogP contribution in [-0.4, -0.2) is 25.1 Å². The average molecular weight is 386 g/mol. The minimum Gasteiger partial charge on any atom is -0.493 e. The van der Waals surface area contributed by atoms with Gasteiger partial charge in [0.1, 0.15) is 16.5 Å². The number of thiazole rings is 1. The van der Waals surface area contributed by atoms with Gasteiger partial charge in [0.25, 0.3) is 5.91 Å². The molecule has 27 heavy (non-hydrogen) atoms. The second kappa shape index (κ2) is 8.18. The van der Waals surface area contributed by atoms with E-state index in [1.165, 1.54) is 17.4 Å². The number of methoxy groups -OCH3 is 2. The summed E-state index contributed by atoms with van der Waals surface area (Å²) in [5.41, 5.74) is 2.42. The first kappa shape index (κ1) is 18.8. The normalized spacial score (nSPS) is 10.5. The second-order valence-electron chi connectivity index (χ2n) is 5.87. The Bertz CT molecular complexity index is 972. The van der Waals surface area contributed by atoms with Gasteiger partial charge in [-0.1, -0.05) is 12.1 Å². The van der Waals surface area contributed by atoms with Crippen LogP contribution in [0.5, 0.6) is 11.5 Å². The molecular formula is C20H19FN2O3S. The molecule has 140 valence electrons. The van der Waals surface area contributed by atoms with Crippen LogP contribution in [-0.2, 0) is 6.54 Å². The highest BCUT2D eigenvalue weighted by atomic mass is 32.1. The number of aromatic nitrogens is 1. The molecule has 0 aliphatic heterocycles. The molecule has 0 saturated carbocycles. The van der Waals surface area contributed by atoms with Gasteiger partial charge in [-0.15, -0.1) is 11.3 Å². The number of hydrogen-bond acceptors (Lipinski definition) is 5. The summed E-state index contributed by atoms with van der Waals surface area (Å²) in [7, 11) is 3.14. The van der Waals surface area contributed by atoms with Crippen LogP contribution in [0.4, 0.5) is 4.39 Å². The molecule has 0 fully saturated rings. The quantitative estimate of drug-likeness (QED) is 0.690. The highest BCUT2D eigenvalue weighted by Crippen LogP contribution is 2.33. The number of benzene rings is 2. The van der Waals surface area contributed by atoms with Crippen molar-refractivity contribution in [2.75, 3.05) is 14.2 Å². The molecule has 1 amide bonds. The zero-order valence-electron chi connectivity index (χ0n) is 15.2. The summed E-state index contributed by atoms with van der Waals surface area (Å²) in [4.78, 5) is 16.7. The Hall–Kier alpha value is -2.93. The number of amides is 1. The molecule has 0 aliphatic rings. The fraction of sp³-hybridized carbons (Fsp3) is 0.200. The summed E-state index contributed by atoms with van der Waals surface area (Å²) < 4.78 is 24.1. The van der Waals surface area contributed by atoms with Crippen molar-refractivity contribution < 1.29 is 18.7 Å². The first-order valence-corrected chi connectivity index (χ1v) is 9.11. The summed E-state index contributed by atoms with van der Waals surface area (Å²) >= 11 is 1.36. The van der Waals surface area contributed by atoms with Crippen molar-refractivity contribution in [3.05, 3.63) is 64.4 Å². The summed E-state index contributed by atoms with van der Waals surface area (Å²) in [5, 5.41) is 5.15. The number of carbonyl (C=O) groups is 1. The molecule has 0 bridgehead atoms. The number of nitrogens with one attached hydrogen (secondary N) is 1. The second-order valence-corrected chi connectivity index (χ2v) is 6.73. The predicted octanol–water partition coefficient (Wildman–Crippen LogP) is 4.20. The van der Waals surface area contributed by atoms with E-state index in [-0.39, 0.29) is 18.3 Å². The van der Waals surface area contributed by atoms with Gasteiger partial charge in [0.05, 0.1) is 14.2 Å². The van der Waals surface area contributed by atoms with Crippen LogP contribution in [0.25, 0.3) is 10.6 Å². The number of halogens is 1. The van der Waals surface area contributed by atoms with Gasteiger partial charge in [0.15, 0.2) is 11.5 Å². The highest BCUT2D eigenvalue weighted by molar-refractivity contribution is 7.13. The minimum absolute atomic E-state index is 0.235. The maximum atomic E-state index is 13.6. The molecule has 7 heteroatoms. The molecule has 0 radical (unpaired) electrons. The smallest absolute Gasteiger partial charge is 0.271 e. The van der Waals surface area contributed by atoms with Crippen molar-refractivity contribution in [1.29, 1.82) is 0 Å². The first-order chi connectivity index (χ1) is 13.0. The Morgan fingerprint density at radius 2 is 1.93 bits per heavy atom. The zero-order chi connectivity index (χ0) is 19.4. The van der Waals surface area contributed by atoms with Crippen LogP contribution in [0, 0.1) is 12.7 Å². The largest absolute Gasteiger partial charge is 0.493 e. The molecule has 3 rings (SSSR count). The average Bonchev–Trinajstić information content (AvgIpc) is 3.18. The molecule has 0 atom stereocenters. The van der Waals surface area contributed by atoms with Crippen LogP contribution in [0.1, 0.15) is 21.6 Å².